The van der Waals surface area contributed by atoms with E-state index in [1.807, 2.05) is 21.1 Å². The number of quaternary nitrogens is 1. The average Bonchev–Trinajstić information content (AvgIpc) is 3.21. The highest BCUT2D eigenvalue weighted by molar-refractivity contribution is 7.45. The van der Waals surface area contributed by atoms with Gasteiger partial charge in [-0.15, -0.1) is 0 Å². The highest BCUT2D eigenvalue weighted by Gasteiger charge is 2.29. The van der Waals surface area contributed by atoms with Crippen molar-refractivity contribution >= 4 is 13.7 Å². The largest absolute Gasteiger partial charge is 0.756 e. The average molecular weight is 873 g/mol. The summed E-state index contributed by atoms with van der Waals surface area (Å²) in [6.45, 7) is 4.22. The van der Waals surface area contributed by atoms with E-state index in [0.717, 1.165) is 103 Å². The van der Waals surface area contributed by atoms with Gasteiger partial charge in [-0.05, 0) is 103 Å². The lowest BCUT2D eigenvalue weighted by molar-refractivity contribution is -0.870. The van der Waals surface area contributed by atoms with Gasteiger partial charge in [0.05, 0.1) is 39.9 Å². The van der Waals surface area contributed by atoms with Gasteiger partial charge in [0.1, 0.15) is 19.3 Å². The summed E-state index contributed by atoms with van der Waals surface area (Å²) in [5.74, 6) is -0.313. The van der Waals surface area contributed by atoms with E-state index in [2.05, 4.69) is 116 Å². The topological polar surface area (TPSA) is 128 Å². The summed E-state index contributed by atoms with van der Waals surface area (Å²) in [6.07, 6.45) is 54.5. The summed E-state index contributed by atoms with van der Waals surface area (Å²) >= 11 is 0. The number of phosphoric acid groups is 1. The Kier molecular flexibility index (Phi) is 39.6. The molecule has 350 valence electrons. The number of rotatable bonds is 41. The molecule has 0 aromatic carbocycles. The lowest BCUT2D eigenvalue weighted by Gasteiger charge is -2.31. The zero-order valence-electron chi connectivity index (χ0n) is 39.2. The van der Waals surface area contributed by atoms with Gasteiger partial charge in [-0.3, -0.25) is 9.36 Å². The van der Waals surface area contributed by atoms with Gasteiger partial charge in [-0.25, -0.2) is 0 Å². The number of aliphatic hydroxyl groups is 2. The number of carbonyl (C=O) groups excluding carboxylic acids is 1. The van der Waals surface area contributed by atoms with E-state index in [1.54, 1.807) is 0 Å². The molecule has 0 fully saturated rings. The molecule has 9 nitrogen and oxygen atoms in total. The van der Waals surface area contributed by atoms with Crippen molar-refractivity contribution < 1.29 is 38.0 Å². The smallest absolute Gasteiger partial charge is 0.268 e. The molecule has 1 amide bonds. The third-order valence-electron chi connectivity index (χ3n) is 9.88. The molecule has 61 heavy (non-hydrogen) atoms. The molecule has 3 N–H and O–H groups in total. The van der Waals surface area contributed by atoms with E-state index >= 15 is 0 Å². The normalized spacial score (nSPS) is 15.6. The minimum atomic E-state index is -4.69. The van der Waals surface area contributed by atoms with Gasteiger partial charge in [0.2, 0.25) is 5.91 Å². The number of carbonyl (C=O) groups is 1. The van der Waals surface area contributed by atoms with Crippen molar-refractivity contribution in [1.82, 2.24) is 5.32 Å². The van der Waals surface area contributed by atoms with Gasteiger partial charge in [-0.1, -0.05) is 150 Å². The van der Waals surface area contributed by atoms with Gasteiger partial charge < -0.3 is 34.0 Å². The number of nitrogens with zero attached hydrogens (tertiary/aromatic N) is 1. The second-order valence-corrected chi connectivity index (χ2v) is 18.3. The van der Waals surface area contributed by atoms with Crippen LogP contribution < -0.4 is 10.2 Å². The van der Waals surface area contributed by atoms with E-state index in [9.17, 15) is 24.5 Å². The van der Waals surface area contributed by atoms with Crippen LogP contribution in [0.4, 0.5) is 0 Å². The second-order valence-electron chi connectivity index (χ2n) is 16.8. The first-order valence-corrected chi connectivity index (χ1v) is 25.1. The van der Waals surface area contributed by atoms with Crippen LogP contribution in [0, 0.1) is 0 Å². The Labute approximate surface area is 373 Å². The van der Waals surface area contributed by atoms with Crippen LogP contribution in [0.25, 0.3) is 0 Å². The fourth-order valence-corrected chi connectivity index (χ4v) is 6.82. The lowest BCUT2D eigenvalue weighted by Crippen LogP contribution is -2.51. The molecule has 0 aliphatic rings. The molecule has 0 radical (unpaired) electrons. The Bertz CT molecular complexity index is 1330. The van der Waals surface area contributed by atoms with E-state index in [-0.39, 0.29) is 18.9 Å². The van der Waals surface area contributed by atoms with Gasteiger partial charge in [0, 0.05) is 6.42 Å². The molecule has 0 saturated carbocycles. The van der Waals surface area contributed by atoms with Crippen LogP contribution in [-0.4, -0.2) is 79.8 Å². The maximum atomic E-state index is 12.9. The number of nitrogens with one attached hydrogen (secondary N) is 1. The standard InChI is InChI=1S/C51H89N2O7P/c1-6-8-10-12-14-16-18-20-21-22-23-24-25-26-27-28-29-30-31-32-34-36-38-40-42-44-50(55)52-48(47-60-61(57,58)59-46-45-53(3,4)5)51(56)49(54)43-41-39-37-35-33-19-17-15-13-11-9-7-2/h8,10,14-17,20-21,23-24,26-27,29-30,35,37,48-49,51,54,56H,6-7,9,11-13,18-19,22,25,28,31-34,36,38-47H2,1-5H3,(H-,52,55,57,58)/b10-8-,16-14-,17-15+,21-20-,24-23-,27-26-,30-29-,37-35+. The Morgan fingerprint density at radius 2 is 1.05 bits per heavy atom. The number of unbranched alkanes of at least 4 members (excludes halogenated alkanes) is 11. The van der Waals surface area contributed by atoms with Crippen molar-refractivity contribution in [2.45, 2.75) is 180 Å². The fraction of sp³-hybridized carbons (Fsp3) is 0.667. The first-order valence-electron chi connectivity index (χ1n) is 23.7. The SMILES string of the molecule is CC/C=C\C/C=C\C/C=C\C/C=C\C/C=C\C/C=C\CCCCCCCCC(=O)NC(COP(=O)([O-])OCC[N+](C)(C)C)C(O)C(O)CCC/C=C/CC/C=C/CCCCC. The number of phosphoric ester groups is 1. The zero-order valence-corrected chi connectivity index (χ0v) is 40.1. The first kappa shape index (κ1) is 58.4. The summed E-state index contributed by atoms with van der Waals surface area (Å²) in [5.41, 5.74) is 0. The molecule has 0 rings (SSSR count). The van der Waals surface area contributed by atoms with E-state index in [4.69, 9.17) is 9.05 Å². The van der Waals surface area contributed by atoms with Crippen LogP contribution in [-0.2, 0) is 18.4 Å². The van der Waals surface area contributed by atoms with Crippen molar-refractivity contribution in [1.29, 1.82) is 0 Å². The molecule has 0 spiro atoms. The van der Waals surface area contributed by atoms with Crippen LogP contribution in [0.1, 0.15) is 162 Å². The maximum absolute atomic E-state index is 12.9. The molecule has 4 atom stereocenters. The summed E-state index contributed by atoms with van der Waals surface area (Å²) in [6, 6.07) is -1.11. The van der Waals surface area contributed by atoms with Crippen LogP contribution in [0.3, 0.4) is 0 Å². The third kappa shape index (κ3) is 42.5. The molecule has 4 unspecified atom stereocenters. The van der Waals surface area contributed by atoms with Crippen molar-refractivity contribution in [3.8, 4) is 0 Å². The van der Waals surface area contributed by atoms with Crippen LogP contribution >= 0.6 is 7.82 Å². The Morgan fingerprint density at radius 3 is 1.57 bits per heavy atom. The predicted molar refractivity (Wildman–Crippen MR) is 257 cm³/mol. The van der Waals surface area contributed by atoms with Crippen molar-refractivity contribution in [3.05, 3.63) is 97.2 Å². The Morgan fingerprint density at radius 1 is 0.607 bits per heavy atom. The molecule has 0 aliphatic heterocycles. The first-order chi connectivity index (χ1) is 29.4. The van der Waals surface area contributed by atoms with Crippen molar-refractivity contribution in [2.75, 3.05) is 40.9 Å². The highest BCUT2D eigenvalue weighted by atomic mass is 31.2. The maximum Gasteiger partial charge on any atom is 0.268 e. The van der Waals surface area contributed by atoms with E-state index in [0.29, 0.717) is 30.3 Å². The second kappa shape index (κ2) is 41.4. The minimum Gasteiger partial charge on any atom is -0.756 e. The number of hydrogen-bond donors (Lipinski definition) is 3. The number of allylic oxidation sites excluding steroid dienone is 16. The van der Waals surface area contributed by atoms with Crippen LogP contribution in [0.5, 0.6) is 0 Å². The Balaban J connectivity index is 4.48. The van der Waals surface area contributed by atoms with E-state index in [1.165, 1.54) is 19.3 Å². The number of aliphatic hydroxyl groups excluding tert-OH is 2. The van der Waals surface area contributed by atoms with E-state index < -0.39 is 32.7 Å². The summed E-state index contributed by atoms with van der Waals surface area (Å²) in [4.78, 5) is 25.4. The fourth-order valence-electron chi connectivity index (χ4n) is 6.09. The lowest BCUT2D eigenvalue weighted by atomic mass is 10.0. The summed E-state index contributed by atoms with van der Waals surface area (Å²) in [7, 11) is 1.07. The quantitative estimate of drug-likeness (QED) is 0.0241. The third-order valence-corrected chi connectivity index (χ3v) is 10.8. The van der Waals surface area contributed by atoms with Gasteiger partial charge in [0.15, 0.2) is 0 Å². The molecular formula is C51H89N2O7P. The molecule has 0 aromatic rings. The summed E-state index contributed by atoms with van der Waals surface area (Å²) < 4.78 is 23.1. The van der Waals surface area contributed by atoms with Crippen LogP contribution in [0.15, 0.2) is 97.2 Å². The van der Waals surface area contributed by atoms with Crippen molar-refractivity contribution in [3.63, 3.8) is 0 Å². The number of likely N-dealkylation sites (N-methyl/N-ethyl adjacent to an activating group) is 1. The van der Waals surface area contributed by atoms with Gasteiger partial charge in [-0.2, -0.15) is 0 Å². The Hall–Kier alpha value is -2.62. The molecule has 0 aliphatic carbocycles. The van der Waals surface area contributed by atoms with Gasteiger partial charge >= 0.3 is 0 Å². The molecular weight excluding hydrogens is 784 g/mol. The van der Waals surface area contributed by atoms with Crippen LogP contribution in [0.2, 0.25) is 0 Å². The highest BCUT2D eigenvalue weighted by Crippen LogP contribution is 2.38. The molecule has 0 aromatic heterocycles. The molecule has 0 heterocycles. The van der Waals surface area contributed by atoms with Gasteiger partial charge in [0.25, 0.3) is 7.82 Å². The zero-order chi connectivity index (χ0) is 45.1. The van der Waals surface area contributed by atoms with Crippen molar-refractivity contribution in [2.24, 2.45) is 0 Å². The minimum absolute atomic E-state index is 0.0578. The molecule has 0 saturated heterocycles. The monoisotopic (exact) mass is 873 g/mol. The summed E-state index contributed by atoms with van der Waals surface area (Å²) in [5, 5.41) is 24.6. The molecule has 0 bridgehead atoms. The predicted octanol–water partition coefficient (Wildman–Crippen LogP) is 11.9. The molecule has 10 heteroatoms. The number of hydrogen-bond acceptors (Lipinski definition) is 7. The number of amides is 1.